The van der Waals surface area contributed by atoms with Crippen LogP contribution in [-0.2, 0) is 6.54 Å². The van der Waals surface area contributed by atoms with Crippen LogP contribution in [0.3, 0.4) is 0 Å². The Morgan fingerprint density at radius 2 is 2.23 bits per heavy atom. The molecule has 0 saturated heterocycles. The van der Waals surface area contributed by atoms with Gasteiger partial charge in [-0.05, 0) is 46.6 Å². The van der Waals surface area contributed by atoms with E-state index in [0.29, 0.717) is 34.7 Å². The monoisotopic (exact) mass is 364 g/mol. The highest BCUT2D eigenvalue weighted by Gasteiger charge is 2.15. The number of amides is 1. The topological polar surface area (TPSA) is 60.5 Å². The predicted molar refractivity (Wildman–Crippen MR) is 87.3 cm³/mol. The minimum atomic E-state index is -0.187. The minimum absolute atomic E-state index is 0.187. The maximum Gasteiger partial charge on any atom is 0.251 e. The molecule has 0 bridgehead atoms. The number of hydrogen-bond donors (Lipinski definition) is 1. The van der Waals surface area contributed by atoms with Gasteiger partial charge in [-0.15, -0.1) is 0 Å². The van der Waals surface area contributed by atoms with E-state index in [1.807, 2.05) is 19.1 Å². The molecule has 0 unspecified atom stereocenters. The molecule has 5 nitrogen and oxygen atoms in total. The normalized spacial score (nSPS) is 10.1. The van der Waals surface area contributed by atoms with Crippen molar-refractivity contribution in [1.82, 2.24) is 10.3 Å². The summed E-state index contributed by atoms with van der Waals surface area (Å²) in [6.45, 7) is 2.78. The van der Waals surface area contributed by atoms with Crippen molar-refractivity contribution in [1.29, 1.82) is 0 Å². The second-order valence-electron chi connectivity index (χ2n) is 4.47. The summed E-state index contributed by atoms with van der Waals surface area (Å²) in [4.78, 5) is 16.3. The van der Waals surface area contributed by atoms with Gasteiger partial charge in [-0.3, -0.25) is 9.78 Å². The summed E-state index contributed by atoms with van der Waals surface area (Å²) >= 11 is 3.40. The highest BCUT2D eigenvalue weighted by atomic mass is 79.9. The van der Waals surface area contributed by atoms with E-state index < -0.39 is 0 Å². The summed E-state index contributed by atoms with van der Waals surface area (Å²) in [5.74, 6) is 0.921. The van der Waals surface area contributed by atoms with E-state index in [0.717, 1.165) is 5.56 Å². The van der Waals surface area contributed by atoms with Crippen molar-refractivity contribution in [2.45, 2.75) is 13.5 Å². The molecular formula is C16H17BrN2O3. The van der Waals surface area contributed by atoms with Crippen LogP contribution in [0.4, 0.5) is 0 Å². The van der Waals surface area contributed by atoms with E-state index in [1.165, 1.54) is 0 Å². The summed E-state index contributed by atoms with van der Waals surface area (Å²) in [5.41, 5.74) is 1.44. The van der Waals surface area contributed by atoms with E-state index in [1.54, 1.807) is 31.6 Å². The highest BCUT2D eigenvalue weighted by molar-refractivity contribution is 9.10. The number of hydrogen-bond acceptors (Lipinski definition) is 4. The number of nitrogens with zero attached hydrogens (tertiary/aromatic N) is 1. The maximum atomic E-state index is 12.3. The molecule has 0 atom stereocenters. The molecule has 2 aromatic rings. The second kappa shape index (κ2) is 7.79. The first-order valence-electron chi connectivity index (χ1n) is 6.83. The SMILES string of the molecule is CCOc1cc(C(=O)NCc2cccnc2)cc(Br)c1OC. The fraction of sp³-hybridized carbons (Fsp3) is 0.250. The minimum Gasteiger partial charge on any atom is -0.492 e. The lowest BCUT2D eigenvalue weighted by Crippen LogP contribution is -2.23. The molecule has 6 heteroatoms. The van der Waals surface area contributed by atoms with Gasteiger partial charge in [0, 0.05) is 24.5 Å². The van der Waals surface area contributed by atoms with Gasteiger partial charge in [0.2, 0.25) is 0 Å². The summed E-state index contributed by atoms with van der Waals surface area (Å²) in [5, 5.41) is 2.85. The van der Waals surface area contributed by atoms with E-state index in [9.17, 15) is 4.79 Å². The first-order chi connectivity index (χ1) is 10.7. The van der Waals surface area contributed by atoms with Gasteiger partial charge in [0.15, 0.2) is 11.5 Å². The third-order valence-corrected chi connectivity index (χ3v) is 3.54. The van der Waals surface area contributed by atoms with Gasteiger partial charge in [0.25, 0.3) is 5.91 Å². The number of pyridine rings is 1. The Morgan fingerprint density at radius 3 is 2.86 bits per heavy atom. The summed E-state index contributed by atoms with van der Waals surface area (Å²) in [6.07, 6.45) is 3.41. The van der Waals surface area contributed by atoms with Crippen molar-refractivity contribution in [3.63, 3.8) is 0 Å². The summed E-state index contributed by atoms with van der Waals surface area (Å²) < 4.78 is 11.5. The second-order valence-corrected chi connectivity index (χ2v) is 5.32. The molecule has 1 amide bonds. The van der Waals surface area contributed by atoms with Crippen molar-refractivity contribution in [2.24, 2.45) is 0 Å². The number of carbonyl (C=O) groups is 1. The van der Waals surface area contributed by atoms with Gasteiger partial charge in [0.05, 0.1) is 18.2 Å². The van der Waals surface area contributed by atoms with E-state index in [2.05, 4.69) is 26.2 Å². The molecule has 1 aromatic heterocycles. The molecule has 116 valence electrons. The van der Waals surface area contributed by atoms with E-state index in [-0.39, 0.29) is 5.91 Å². The lowest BCUT2D eigenvalue weighted by atomic mass is 10.2. The molecule has 0 aliphatic heterocycles. The number of methoxy groups -OCH3 is 1. The Labute approximate surface area is 137 Å². The molecule has 0 aliphatic rings. The molecule has 1 N–H and O–H groups in total. The number of carbonyl (C=O) groups excluding carboxylic acids is 1. The van der Waals surface area contributed by atoms with Crippen LogP contribution in [0, 0.1) is 0 Å². The quantitative estimate of drug-likeness (QED) is 0.854. The summed E-state index contributed by atoms with van der Waals surface area (Å²) in [7, 11) is 1.56. The van der Waals surface area contributed by atoms with Crippen LogP contribution < -0.4 is 14.8 Å². The van der Waals surface area contributed by atoms with Crippen LogP contribution in [0.1, 0.15) is 22.8 Å². The van der Waals surface area contributed by atoms with Crippen LogP contribution in [-0.4, -0.2) is 24.6 Å². The van der Waals surface area contributed by atoms with Crippen molar-refractivity contribution in [2.75, 3.05) is 13.7 Å². The van der Waals surface area contributed by atoms with Crippen molar-refractivity contribution in [3.05, 3.63) is 52.3 Å². The highest BCUT2D eigenvalue weighted by Crippen LogP contribution is 2.36. The van der Waals surface area contributed by atoms with E-state index >= 15 is 0 Å². The fourth-order valence-corrected chi connectivity index (χ4v) is 2.55. The largest absolute Gasteiger partial charge is 0.492 e. The smallest absolute Gasteiger partial charge is 0.251 e. The van der Waals surface area contributed by atoms with Crippen LogP contribution in [0.15, 0.2) is 41.1 Å². The van der Waals surface area contributed by atoms with Crippen LogP contribution in [0.25, 0.3) is 0 Å². The van der Waals surface area contributed by atoms with Gasteiger partial charge >= 0.3 is 0 Å². The van der Waals surface area contributed by atoms with Gasteiger partial charge < -0.3 is 14.8 Å². The fourth-order valence-electron chi connectivity index (χ4n) is 1.95. The van der Waals surface area contributed by atoms with Crippen molar-refractivity contribution in [3.8, 4) is 11.5 Å². The zero-order valence-corrected chi connectivity index (χ0v) is 14.0. The molecule has 1 heterocycles. The first-order valence-corrected chi connectivity index (χ1v) is 7.62. The van der Waals surface area contributed by atoms with Gasteiger partial charge in [-0.25, -0.2) is 0 Å². The van der Waals surface area contributed by atoms with Crippen LogP contribution >= 0.6 is 15.9 Å². The number of rotatable bonds is 6. The Bertz CT molecular complexity index is 647. The number of ether oxygens (including phenoxy) is 2. The average Bonchev–Trinajstić information content (AvgIpc) is 2.53. The molecular weight excluding hydrogens is 348 g/mol. The third kappa shape index (κ3) is 3.98. The molecule has 0 saturated carbocycles. The Kier molecular flexibility index (Phi) is 5.77. The molecule has 22 heavy (non-hydrogen) atoms. The van der Waals surface area contributed by atoms with Gasteiger partial charge in [0.1, 0.15) is 0 Å². The predicted octanol–water partition coefficient (Wildman–Crippen LogP) is 3.18. The number of halogens is 1. The number of nitrogens with one attached hydrogen (secondary N) is 1. The van der Waals surface area contributed by atoms with E-state index in [4.69, 9.17) is 9.47 Å². The average molecular weight is 365 g/mol. The Morgan fingerprint density at radius 1 is 1.41 bits per heavy atom. The third-order valence-electron chi connectivity index (χ3n) is 2.95. The van der Waals surface area contributed by atoms with Crippen molar-refractivity contribution >= 4 is 21.8 Å². The van der Waals surface area contributed by atoms with Crippen LogP contribution in [0.5, 0.6) is 11.5 Å². The number of aromatic nitrogens is 1. The van der Waals surface area contributed by atoms with Gasteiger partial charge in [-0.1, -0.05) is 6.07 Å². The first kappa shape index (κ1) is 16.3. The molecule has 0 aliphatic carbocycles. The molecule has 0 radical (unpaired) electrons. The zero-order valence-electron chi connectivity index (χ0n) is 12.4. The summed E-state index contributed by atoms with van der Waals surface area (Å²) in [6, 6.07) is 7.12. The number of benzene rings is 1. The lowest BCUT2D eigenvalue weighted by Gasteiger charge is -2.13. The van der Waals surface area contributed by atoms with Crippen LogP contribution in [0.2, 0.25) is 0 Å². The standard InChI is InChI=1S/C16H17BrN2O3/c1-3-22-14-8-12(7-13(17)15(14)21-2)16(20)19-10-11-5-4-6-18-9-11/h4-9H,3,10H2,1-2H3,(H,19,20). The molecule has 0 fully saturated rings. The molecule has 1 aromatic carbocycles. The Balaban J connectivity index is 2.15. The maximum absolute atomic E-state index is 12.3. The molecule has 0 spiro atoms. The lowest BCUT2D eigenvalue weighted by molar-refractivity contribution is 0.0950. The zero-order chi connectivity index (χ0) is 15.9. The Hall–Kier alpha value is -2.08. The molecule has 2 rings (SSSR count). The van der Waals surface area contributed by atoms with Gasteiger partial charge in [-0.2, -0.15) is 0 Å². The van der Waals surface area contributed by atoms with Crippen molar-refractivity contribution < 1.29 is 14.3 Å².